The molecule has 2 aromatic heterocycles. The van der Waals surface area contributed by atoms with Crippen LogP contribution in [0.25, 0.3) is 5.65 Å². The van der Waals surface area contributed by atoms with Crippen molar-refractivity contribution in [2.24, 2.45) is 0 Å². The Balaban J connectivity index is 2.00. The summed E-state index contributed by atoms with van der Waals surface area (Å²) >= 11 is 0. The zero-order valence-corrected chi connectivity index (χ0v) is 11.3. The van der Waals surface area contributed by atoms with Crippen LogP contribution in [-0.4, -0.2) is 36.1 Å². The lowest BCUT2D eigenvalue weighted by atomic mass is 9.96. The van der Waals surface area contributed by atoms with Crippen LogP contribution in [0.4, 0.5) is 0 Å². The maximum absolute atomic E-state index is 11.6. The van der Waals surface area contributed by atoms with E-state index in [0.29, 0.717) is 17.8 Å². The Hall–Kier alpha value is -2.83. The lowest BCUT2D eigenvalue weighted by Gasteiger charge is -2.13. The van der Waals surface area contributed by atoms with Crippen LogP contribution in [-0.2, 0) is 11.2 Å². The Labute approximate surface area is 120 Å². The molecule has 0 aliphatic rings. The molecule has 0 bridgehead atoms. The summed E-state index contributed by atoms with van der Waals surface area (Å²) in [7, 11) is 0. The number of aromatic nitrogens is 5. The number of hydrogen-bond acceptors (Lipinski definition) is 5. The van der Waals surface area contributed by atoms with E-state index in [0.717, 1.165) is 11.1 Å². The molecule has 7 heteroatoms. The van der Waals surface area contributed by atoms with Gasteiger partial charge in [0.2, 0.25) is 0 Å². The average molecular weight is 283 g/mol. The Morgan fingerprint density at radius 2 is 2.05 bits per heavy atom. The van der Waals surface area contributed by atoms with E-state index in [9.17, 15) is 9.90 Å². The van der Waals surface area contributed by atoms with Gasteiger partial charge < -0.3 is 5.11 Å². The topological polar surface area (TPSA) is 93.3 Å². The molecule has 3 aromatic rings. The van der Waals surface area contributed by atoms with E-state index in [1.807, 2.05) is 31.2 Å². The molecule has 7 nitrogen and oxygen atoms in total. The molecule has 0 fully saturated rings. The van der Waals surface area contributed by atoms with E-state index in [1.165, 1.54) is 16.9 Å². The number of aliphatic carboxylic acids is 1. The molecule has 3 rings (SSSR count). The molecule has 1 unspecified atom stereocenters. The summed E-state index contributed by atoms with van der Waals surface area (Å²) in [6, 6.07) is 7.78. The van der Waals surface area contributed by atoms with E-state index in [2.05, 4.69) is 20.5 Å². The van der Waals surface area contributed by atoms with Gasteiger partial charge in [-0.25, -0.2) is 0 Å². The summed E-state index contributed by atoms with van der Waals surface area (Å²) in [4.78, 5) is 15.6. The molecule has 106 valence electrons. The molecule has 1 aromatic carbocycles. The van der Waals surface area contributed by atoms with E-state index in [1.54, 1.807) is 0 Å². The molecule has 1 N–H and O–H groups in total. The van der Waals surface area contributed by atoms with Gasteiger partial charge in [0.05, 0.1) is 11.9 Å². The summed E-state index contributed by atoms with van der Waals surface area (Å²) < 4.78 is 1.42. The Morgan fingerprint density at radius 3 is 2.76 bits per heavy atom. The Bertz CT molecular complexity index is 781. The van der Waals surface area contributed by atoms with Crippen molar-refractivity contribution in [1.82, 2.24) is 25.0 Å². The van der Waals surface area contributed by atoms with Gasteiger partial charge in [-0.05, 0) is 29.3 Å². The summed E-state index contributed by atoms with van der Waals surface area (Å²) in [5.74, 6) is -1.69. The van der Waals surface area contributed by atoms with Gasteiger partial charge >= 0.3 is 5.97 Å². The first kappa shape index (κ1) is 13.2. The fourth-order valence-electron chi connectivity index (χ4n) is 2.21. The zero-order valence-electron chi connectivity index (χ0n) is 11.3. The highest BCUT2D eigenvalue weighted by Crippen LogP contribution is 2.21. The highest BCUT2D eigenvalue weighted by atomic mass is 16.4. The smallest absolute Gasteiger partial charge is 0.312 e. The van der Waals surface area contributed by atoms with Crippen molar-refractivity contribution >= 4 is 11.6 Å². The third-order valence-corrected chi connectivity index (χ3v) is 3.35. The lowest BCUT2D eigenvalue weighted by molar-refractivity contribution is -0.138. The fraction of sp³-hybridized carbons (Fsp3) is 0.214. The summed E-state index contributed by atoms with van der Waals surface area (Å²) in [5, 5.41) is 20.7. The molecule has 0 amide bonds. The number of fused-ring (bicyclic) bond motifs is 1. The SMILES string of the molecule is Cc1ccc(CC(C(=O)O)c2cncc3nnnn23)cc1. The standard InChI is InChI=1S/C14H13N5O2/c1-9-2-4-10(5-3-9)6-11(14(20)21)12-7-15-8-13-16-17-18-19(12)13/h2-5,7-8,11H,6H2,1H3,(H,20,21). The normalized spacial score (nSPS) is 12.4. The molecule has 0 saturated carbocycles. The number of carboxylic acid groups (broad SMARTS) is 1. The molecule has 0 aliphatic carbocycles. The largest absolute Gasteiger partial charge is 0.481 e. The molecule has 0 saturated heterocycles. The van der Waals surface area contributed by atoms with Crippen LogP contribution in [0, 0.1) is 6.92 Å². The second-order valence-corrected chi connectivity index (χ2v) is 4.86. The predicted octanol–water partition coefficient (Wildman–Crippen LogP) is 1.24. The summed E-state index contributed by atoms with van der Waals surface area (Å²) in [5.41, 5.74) is 2.97. The van der Waals surface area contributed by atoms with E-state index in [4.69, 9.17) is 0 Å². The molecule has 0 radical (unpaired) electrons. The first-order chi connectivity index (χ1) is 10.1. The minimum Gasteiger partial charge on any atom is -0.481 e. The van der Waals surface area contributed by atoms with Gasteiger partial charge in [-0.15, -0.1) is 5.10 Å². The fourth-order valence-corrected chi connectivity index (χ4v) is 2.21. The number of rotatable bonds is 4. The van der Waals surface area contributed by atoms with Gasteiger partial charge in [0.1, 0.15) is 5.92 Å². The predicted molar refractivity (Wildman–Crippen MR) is 73.8 cm³/mol. The van der Waals surface area contributed by atoms with Crippen molar-refractivity contribution in [2.75, 3.05) is 0 Å². The van der Waals surface area contributed by atoms with Crippen molar-refractivity contribution in [3.63, 3.8) is 0 Å². The van der Waals surface area contributed by atoms with E-state index >= 15 is 0 Å². The van der Waals surface area contributed by atoms with Crippen LogP contribution in [0.3, 0.4) is 0 Å². The van der Waals surface area contributed by atoms with Gasteiger partial charge in [0.15, 0.2) is 5.65 Å². The van der Waals surface area contributed by atoms with Crippen LogP contribution in [0.2, 0.25) is 0 Å². The van der Waals surface area contributed by atoms with Crippen molar-refractivity contribution in [1.29, 1.82) is 0 Å². The van der Waals surface area contributed by atoms with Crippen molar-refractivity contribution < 1.29 is 9.90 Å². The second-order valence-electron chi connectivity index (χ2n) is 4.86. The van der Waals surface area contributed by atoms with E-state index < -0.39 is 11.9 Å². The number of carboxylic acids is 1. The number of nitrogens with zero attached hydrogens (tertiary/aromatic N) is 5. The summed E-state index contributed by atoms with van der Waals surface area (Å²) in [6.07, 6.45) is 3.35. The number of aryl methyl sites for hydroxylation is 1. The van der Waals surface area contributed by atoms with Crippen LogP contribution in [0.1, 0.15) is 22.7 Å². The molecule has 0 aliphatic heterocycles. The van der Waals surface area contributed by atoms with Gasteiger partial charge in [-0.1, -0.05) is 29.8 Å². The highest BCUT2D eigenvalue weighted by Gasteiger charge is 2.24. The maximum atomic E-state index is 11.6. The van der Waals surface area contributed by atoms with Crippen LogP contribution in [0.5, 0.6) is 0 Å². The maximum Gasteiger partial charge on any atom is 0.312 e. The van der Waals surface area contributed by atoms with Crippen molar-refractivity contribution in [3.8, 4) is 0 Å². The van der Waals surface area contributed by atoms with Crippen LogP contribution >= 0.6 is 0 Å². The average Bonchev–Trinajstić information content (AvgIpc) is 2.95. The molecule has 1 atom stereocenters. The quantitative estimate of drug-likeness (QED) is 0.774. The molecule has 2 heterocycles. The first-order valence-corrected chi connectivity index (χ1v) is 6.45. The molecular formula is C14H13N5O2. The minimum atomic E-state index is -0.930. The van der Waals surface area contributed by atoms with Crippen molar-refractivity contribution in [3.05, 3.63) is 53.5 Å². The summed E-state index contributed by atoms with van der Waals surface area (Å²) in [6.45, 7) is 1.99. The third kappa shape index (κ3) is 2.58. The van der Waals surface area contributed by atoms with Crippen LogP contribution in [0.15, 0.2) is 36.7 Å². The Morgan fingerprint density at radius 1 is 1.29 bits per heavy atom. The first-order valence-electron chi connectivity index (χ1n) is 6.45. The number of benzene rings is 1. The lowest BCUT2D eigenvalue weighted by Crippen LogP contribution is -2.18. The van der Waals surface area contributed by atoms with Gasteiger partial charge in [0.25, 0.3) is 0 Å². The van der Waals surface area contributed by atoms with Gasteiger partial charge in [-0.3, -0.25) is 9.78 Å². The minimum absolute atomic E-state index is 0.357. The highest BCUT2D eigenvalue weighted by molar-refractivity contribution is 5.76. The van der Waals surface area contributed by atoms with Gasteiger partial charge in [-0.2, -0.15) is 4.52 Å². The monoisotopic (exact) mass is 283 g/mol. The van der Waals surface area contributed by atoms with Gasteiger partial charge in [0, 0.05) is 6.20 Å². The van der Waals surface area contributed by atoms with Crippen LogP contribution < -0.4 is 0 Å². The number of tetrazole rings is 1. The molecule has 21 heavy (non-hydrogen) atoms. The number of hydrogen-bond donors (Lipinski definition) is 1. The van der Waals surface area contributed by atoms with E-state index in [-0.39, 0.29) is 0 Å². The molecular weight excluding hydrogens is 270 g/mol. The zero-order chi connectivity index (χ0) is 14.8. The molecule has 0 spiro atoms. The second kappa shape index (κ2) is 5.28. The number of carbonyl (C=O) groups is 1. The third-order valence-electron chi connectivity index (χ3n) is 3.35. The van der Waals surface area contributed by atoms with Crippen molar-refractivity contribution in [2.45, 2.75) is 19.3 Å². The Kier molecular flexibility index (Phi) is 3.31.